The van der Waals surface area contributed by atoms with E-state index in [1.54, 1.807) is 0 Å². The Morgan fingerprint density at radius 3 is 2.76 bits per heavy atom. The lowest BCUT2D eigenvalue weighted by molar-refractivity contribution is 0.617. The maximum Gasteiger partial charge on any atom is 0.157 e. The smallest absolute Gasteiger partial charge is 0.157 e. The normalized spacial score (nSPS) is 9.53. The van der Waals surface area contributed by atoms with Gasteiger partial charge in [0.2, 0.25) is 0 Å². The quantitative estimate of drug-likeness (QED) is 0.569. The second kappa shape index (κ2) is 4.76. The molecule has 6 heteroatoms. The summed E-state index contributed by atoms with van der Waals surface area (Å²) in [5, 5.41) is 0.126. The molecular weight excluding hydrogens is 243 g/mol. The average molecular weight is 249 g/mol. The molecule has 0 saturated carbocycles. The number of aromatic nitrogens is 3. The summed E-state index contributed by atoms with van der Waals surface area (Å²) in [5.74, 6) is 4.77. The molecule has 17 heavy (non-hydrogen) atoms. The summed E-state index contributed by atoms with van der Waals surface area (Å²) in [5.41, 5.74) is 5.85. The largest absolute Gasteiger partial charge is 0.383 e. The molecule has 0 spiro atoms. The topological polar surface area (TPSA) is 64.7 Å². The highest BCUT2D eigenvalue weighted by atomic mass is 35.5. The monoisotopic (exact) mass is 248 g/mol. The fourth-order valence-corrected chi connectivity index (χ4v) is 1.28. The highest BCUT2D eigenvalue weighted by Gasteiger charge is 2.04. The lowest BCUT2D eigenvalue weighted by Gasteiger charge is -1.97. The molecule has 0 unspecified atom stereocenters. The van der Waals surface area contributed by atoms with Crippen LogP contribution in [0, 0.1) is 17.7 Å². The van der Waals surface area contributed by atoms with Crippen LogP contribution in [0.2, 0.25) is 5.15 Å². The van der Waals surface area contributed by atoms with Gasteiger partial charge in [-0.1, -0.05) is 17.5 Å². The van der Waals surface area contributed by atoms with Gasteiger partial charge in [-0.2, -0.15) is 0 Å². The number of halogens is 2. The molecule has 0 aliphatic heterocycles. The van der Waals surface area contributed by atoms with Gasteiger partial charge in [0.25, 0.3) is 0 Å². The first-order chi connectivity index (χ1) is 8.18. The first kappa shape index (κ1) is 11.3. The predicted molar refractivity (Wildman–Crippen MR) is 61.6 cm³/mol. The molecule has 2 N–H and O–H groups in total. The standard InChI is InChI=1S/C11H6ClFN4/c12-10-7(11(14)17-6-16-10)3-4-9-8(13)2-1-5-15-9/h1-2,5-6H,(H2,14,16,17). The Bertz CT molecular complexity index is 598. The van der Waals surface area contributed by atoms with Crippen LogP contribution in [-0.4, -0.2) is 15.0 Å². The molecule has 0 saturated heterocycles. The fourth-order valence-electron chi connectivity index (χ4n) is 1.09. The third-order valence-corrected chi connectivity index (χ3v) is 2.18. The molecule has 0 amide bonds. The summed E-state index contributed by atoms with van der Waals surface area (Å²) < 4.78 is 13.2. The van der Waals surface area contributed by atoms with Gasteiger partial charge in [-0.25, -0.2) is 19.3 Å². The van der Waals surface area contributed by atoms with Crippen molar-refractivity contribution in [3.8, 4) is 11.8 Å². The molecule has 0 bridgehead atoms. The number of anilines is 1. The second-order valence-corrected chi connectivity index (χ2v) is 3.37. The first-order valence-corrected chi connectivity index (χ1v) is 4.95. The van der Waals surface area contributed by atoms with Crippen LogP contribution in [0.5, 0.6) is 0 Å². The van der Waals surface area contributed by atoms with E-state index in [9.17, 15) is 4.39 Å². The summed E-state index contributed by atoms with van der Waals surface area (Å²) in [6, 6.07) is 2.75. The molecule has 2 rings (SSSR count). The Morgan fingerprint density at radius 1 is 1.24 bits per heavy atom. The van der Waals surface area contributed by atoms with E-state index in [0.717, 1.165) is 0 Å². The molecule has 0 aromatic carbocycles. The minimum atomic E-state index is -0.508. The van der Waals surface area contributed by atoms with Crippen LogP contribution in [0.25, 0.3) is 0 Å². The van der Waals surface area contributed by atoms with E-state index in [0.29, 0.717) is 0 Å². The zero-order chi connectivity index (χ0) is 12.3. The van der Waals surface area contributed by atoms with Gasteiger partial charge in [0.15, 0.2) is 5.82 Å². The molecule has 2 aromatic heterocycles. The summed E-state index contributed by atoms with van der Waals surface area (Å²) >= 11 is 5.79. The predicted octanol–water partition coefficient (Wildman–Crippen LogP) is 1.65. The molecule has 0 aliphatic rings. The van der Waals surface area contributed by atoms with Crippen molar-refractivity contribution >= 4 is 17.4 Å². The van der Waals surface area contributed by atoms with Gasteiger partial charge in [0, 0.05) is 6.20 Å². The molecule has 2 aromatic rings. The van der Waals surface area contributed by atoms with Crippen LogP contribution >= 0.6 is 11.6 Å². The zero-order valence-corrected chi connectivity index (χ0v) is 9.24. The molecule has 0 aliphatic carbocycles. The Balaban J connectivity index is 2.44. The van der Waals surface area contributed by atoms with Gasteiger partial charge in [0.1, 0.15) is 28.6 Å². The van der Waals surface area contributed by atoms with Crippen molar-refractivity contribution in [2.24, 2.45) is 0 Å². The third-order valence-electron chi connectivity index (χ3n) is 1.89. The molecule has 0 atom stereocenters. The van der Waals surface area contributed by atoms with Gasteiger partial charge in [-0.15, -0.1) is 0 Å². The van der Waals surface area contributed by atoms with Crippen molar-refractivity contribution in [2.75, 3.05) is 5.73 Å². The highest BCUT2D eigenvalue weighted by molar-refractivity contribution is 6.30. The van der Waals surface area contributed by atoms with E-state index in [-0.39, 0.29) is 22.2 Å². The minimum Gasteiger partial charge on any atom is -0.383 e. The van der Waals surface area contributed by atoms with Crippen LogP contribution in [0.15, 0.2) is 24.7 Å². The molecule has 0 fully saturated rings. The number of pyridine rings is 1. The van der Waals surface area contributed by atoms with E-state index in [1.807, 2.05) is 0 Å². The van der Waals surface area contributed by atoms with Gasteiger partial charge in [0.05, 0.1) is 0 Å². The number of rotatable bonds is 0. The Hall–Kier alpha value is -2.19. The van der Waals surface area contributed by atoms with E-state index in [4.69, 9.17) is 17.3 Å². The van der Waals surface area contributed by atoms with Gasteiger partial charge < -0.3 is 5.73 Å². The van der Waals surface area contributed by atoms with Crippen molar-refractivity contribution in [3.05, 3.63) is 46.9 Å². The van der Waals surface area contributed by atoms with Crippen LogP contribution in [0.4, 0.5) is 10.2 Å². The Kier molecular flexibility index (Phi) is 3.17. The Labute approximate surface area is 102 Å². The van der Waals surface area contributed by atoms with E-state index >= 15 is 0 Å². The van der Waals surface area contributed by atoms with Crippen molar-refractivity contribution < 1.29 is 4.39 Å². The summed E-state index contributed by atoms with van der Waals surface area (Å²) in [6.45, 7) is 0. The van der Waals surface area contributed by atoms with E-state index in [2.05, 4.69) is 26.8 Å². The highest BCUT2D eigenvalue weighted by Crippen LogP contribution is 2.15. The number of hydrogen-bond acceptors (Lipinski definition) is 4. The lowest BCUT2D eigenvalue weighted by atomic mass is 10.2. The van der Waals surface area contributed by atoms with Gasteiger partial charge in [-0.05, 0) is 18.1 Å². The van der Waals surface area contributed by atoms with Crippen LogP contribution in [-0.2, 0) is 0 Å². The molecule has 4 nitrogen and oxygen atoms in total. The maximum atomic E-state index is 13.2. The van der Waals surface area contributed by atoms with Crippen molar-refractivity contribution in [2.45, 2.75) is 0 Å². The van der Waals surface area contributed by atoms with Crippen molar-refractivity contribution in [1.82, 2.24) is 15.0 Å². The minimum absolute atomic E-state index is 0.0202. The SMILES string of the molecule is Nc1ncnc(Cl)c1C#Cc1ncccc1F. The molecular formula is C11H6ClFN4. The van der Waals surface area contributed by atoms with E-state index < -0.39 is 5.82 Å². The zero-order valence-electron chi connectivity index (χ0n) is 8.48. The lowest BCUT2D eigenvalue weighted by Crippen LogP contribution is -1.97. The number of hydrogen-bond donors (Lipinski definition) is 1. The second-order valence-electron chi connectivity index (χ2n) is 3.01. The number of nitrogens with zero attached hydrogens (tertiary/aromatic N) is 3. The molecule has 84 valence electrons. The van der Waals surface area contributed by atoms with Crippen molar-refractivity contribution in [3.63, 3.8) is 0 Å². The third kappa shape index (κ3) is 2.49. The van der Waals surface area contributed by atoms with Crippen LogP contribution in [0.3, 0.4) is 0 Å². The summed E-state index contributed by atoms with van der Waals surface area (Å²) in [4.78, 5) is 11.3. The molecule has 2 heterocycles. The fraction of sp³-hybridized carbons (Fsp3) is 0. The number of nitrogen functional groups attached to an aromatic ring is 1. The maximum absolute atomic E-state index is 13.2. The van der Waals surface area contributed by atoms with Crippen molar-refractivity contribution in [1.29, 1.82) is 0 Å². The van der Waals surface area contributed by atoms with Gasteiger partial charge >= 0.3 is 0 Å². The molecule has 0 radical (unpaired) electrons. The summed E-state index contributed by atoms with van der Waals surface area (Å²) in [6.07, 6.45) is 2.67. The van der Waals surface area contributed by atoms with Gasteiger partial charge in [-0.3, -0.25) is 0 Å². The summed E-state index contributed by atoms with van der Waals surface area (Å²) in [7, 11) is 0. The first-order valence-electron chi connectivity index (χ1n) is 4.57. The average Bonchev–Trinajstić information content (AvgIpc) is 2.30. The van der Waals surface area contributed by atoms with Crippen LogP contribution in [0.1, 0.15) is 11.3 Å². The number of nitrogens with two attached hydrogens (primary N) is 1. The Morgan fingerprint density at radius 2 is 2.06 bits per heavy atom. The van der Waals surface area contributed by atoms with E-state index in [1.165, 1.54) is 24.7 Å². The van der Waals surface area contributed by atoms with Crippen LogP contribution < -0.4 is 5.73 Å².